The number of amides is 1. The Morgan fingerprint density at radius 3 is 2.68 bits per heavy atom. The largest absolute Gasteiger partial charge is 0.381 e. The van der Waals surface area contributed by atoms with E-state index in [1.54, 1.807) is 0 Å². The Labute approximate surface area is 147 Å². The van der Waals surface area contributed by atoms with Gasteiger partial charge in [-0.1, -0.05) is 36.4 Å². The highest BCUT2D eigenvalue weighted by molar-refractivity contribution is 5.90. The molecule has 25 heavy (non-hydrogen) atoms. The first kappa shape index (κ1) is 16.8. The van der Waals surface area contributed by atoms with Crippen molar-refractivity contribution in [3.8, 4) is 0 Å². The minimum Gasteiger partial charge on any atom is -0.381 e. The number of nitrogens with one attached hydrogen (secondary N) is 2. The zero-order chi connectivity index (χ0) is 17.6. The van der Waals surface area contributed by atoms with Gasteiger partial charge in [-0.15, -0.1) is 0 Å². The molecule has 3 rings (SSSR count). The van der Waals surface area contributed by atoms with Crippen LogP contribution in [0, 0.1) is 6.92 Å². The first-order chi connectivity index (χ1) is 12.1. The molecule has 0 spiro atoms. The van der Waals surface area contributed by atoms with E-state index in [1.165, 1.54) is 12.5 Å². The van der Waals surface area contributed by atoms with Crippen LogP contribution < -0.4 is 10.6 Å². The number of aromatic nitrogens is 2. The van der Waals surface area contributed by atoms with Gasteiger partial charge in [0.15, 0.2) is 0 Å². The third kappa shape index (κ3) is 4.70. The average molecular weight is 334 g/mol. The van der Waals surface area contributed by atoms with Crippen molar-refractivity contribution in [1.29, 1.82) is 0 Å². The standard InChI is InChI=1S/C20H22N4O/c1-15-8-9-19(10-20(15)23-16(2)25)21-11-18-12-22-24(14-18)13-17-6-4-3-5-7-17/h3-10,12,14,21H,11,13H2,1-2H3,(H,23,25). The highest BCUT2D eigenvalue weighted by Gasteiger charge is 2.04. The number of aryl methyl sites for hydroxylation is 1. The molecule has 5 nitrogen and oxygen atoms in total. The second-order valence-electron chi connectivity index (χ2n) is 6.10. The summed E-state index contributed by atoms with van der Waals surface area (Å²) in [6, 6.07) is 16.2. The van der Waals surface area contributed by atoms with Crippen LogP contribution in [0.4, 0.5) is 11.4 Å². The Kier molecular flexibility index (Phi) is 5.14. The number of hydrogen-bond acceptors (Lipinski definition) is 3. The van der Waals surface area contributed by atoms with Gasteiger partial charge in [-0.05, 0) is 30.2 Å². The SMILES string of the molecule is CC(=O)Nc1cc(NCc2cnn(Cc3ccccc3)c2)ccc1C. The summed E-state index contributed by atoms with van der Waals surface area (Å²) in [5.74, 6) is -0.0672. The molecule has 0 radical (unpaired) electrons. The minimum absolute atomic E-state index is 0.0672. The summed E-state index contributed by atoms with van der Waals surface area (Å²) in [6.07, 6.45) is 3.92. The van der Waals surface area contributed by atoms with Crippen molar-refractivity contribution >= 4 is 17.3 Å². The summed E-state index contributed by atoms with van der Waals surface area (Å²) in [5.41, 5.74) is 5.17. The molecule has 0 aliphatic heterocycles. The van der Waals surface area contributed by atoms with Gasteiger partial charge in [0.05, 0.1) is 12.7 Å². The van der Waals surface area contributed by atoms with Gasteiger partial charge in [-0.2, -0.15) is 5.10 Å². The number of carbonyl (C=O) groups excluding carboxylic acids is 1. The van der Waals surface area contributed by atoms with Crippen LogP contribution in [0.5, 0.6) is 0 Å². The van der Waals surface area contributed by atoms with Gasteiger partial charge in [0.2, 0.25) is 5.91 Å². The molecule has 3 aromatic rings. The van der Waals surface area contributed by atoms with Crippen molar-refractivity contribution < 1.29 is 4.79 Å². The summed E-state index contributed by atoms with van der Waals surface area (Å²) >= 11 is 0. The zero-order valence-electron chi connectivity index (χ0n) is 14.5. The Morgan fingerprint density at radius 2 is 1.92 bits per heavy atom. The monoisotopic (exact) mass is 334 g/mol. The van der Waals surface area contributed by atoms with E-state index < -0.39 is 0 Å². The second-order valence-corrected chi connectivity index (χ2v) is 6.10. The smallest absolute Gasteiger partial charge is 0.221 e. The quantitative estimate of drug-likeness (QED) is 0.721. The molecule has 0 unspecified atom stereocenters. The van der Waals surface area contributed by atoms with E-state index in [-0.39, 0.29) is 5.91 Å². The fourth-order valence-electron chi connectivity index (χ4n) is 2.62. The predicted octanol–water partition coefficient (Wildman–Crippen LogP) is 3.81. The Balaban J connectivity index is 1.61. The maximum atomic E-state index is 11.3. The van der Waals surface area contributed by atoms with E-state index in [9.17, 15) is 4.79 Å². The Bertz CT molecular complexity index is 855. The van der Waals surface area contributed by atoms with Gasteiger partial charge in [-0.3, -0.25) is 9.48 Å². The molecule has 1 heterocycles. The zero-order valence-corrected chi connectivity index (χ0v) is 14.5. The van der Waals surface area contributed by atoms with Crippen molar-refractivity contribution in [1.82, 2.24) is 9.78 Å². The lowest BCUT2D eigenvalue weighted by molar-refractivity contribution is -0.114. The number of carbonyl (C=O) groups is 1. The normalized spacial score (nSPS) is 10.5. The molecular formula is C20H22N4O. The molecule has 0 aliphatic rings. The van der Waals surface area contributed by atoms with Crippen molar-refractivity contribution in [3.05, 3.63) is 77.6 Å². The average Bonchev–Trinajstić information content (AvgIpc) is 3.03. The topological polar surface area (TPSA) is 59.0 Å². The summed E-state index contributed by atoms with van der Waals surface area (Å²) < 4.78 is 1.93. The van der Waals surface area contributed by atoms with E-state index in [2.05, 4.69) is 27.9 Å². The molecule has 2 N–H and O–H groups in total. The fraction of sp³-hybridized carbons (Fsp3) is 0.200. The molecule has 0 atom stereocenters. The van der Waals surface area contributed by atoms with E-state index >= 15 is 0 Å². The van der Waals surface area contributed by atoms with Crippen LogP contribution in [-0.2, 0) is 17.9 Å². The van der Waals surface area contributed by atoms with Crippen molar-refractivity contribution in [3.63, 3.8) is 0 Å². The van der Waals surface area contributed by atoms with Gasteiger partial charge >= 0.3 is 0 Å². The molecule has 0 fully saturated rings. The lowest BCUT2D eigenvalue weighted by atomic mass is 10.1. The number of anilines is 2. The summed E-state index contributed by atoms with van der Waals surface area (Å²) in [5, 5.41) is 10.6. The van der Waals surface area contributed by atoms with Crippen LogP contribution >= 0.6 is 0 Å². The van der Waals surface area contributed by atoms with Crippen molar-refractivity contribution in [2.45, 2.75) is 26.9 Å². The third-order valence-electron chi connectivity index (χ3n) is 3.92. The lowest BCUT2D eigenvalue weighted by Crippen LogP contribution is -2.08. The van der Waals surface area contributed by atoms with Crippen molar-refractivity contribution in [2.24, 2.45) is 0 Å². The lowest BCUT2D eigenvalue weighted by Gasteiger charge is -2.10. The van der Waals surface area contributed by atoms with Gasteiger partial charge in [-0.25, -0.2) is 0 Å². The number of rotatable bonds is 6. The molecule has 5 heteroatoms. The van der Waals surface area contributed by atoms with E-state index in [1.807, 2.05) is 60.4 Å². The van der Waals surface area contributed by atoms with Crippen LogP contribution in [0.1, 0.15) is 23.6 Å². The minimum atomic E-state index is -0.0672. The van der Waals surface area contributed by atoms with Gasteiger partial charge in [0.25, 0.3) is 0 Å². The summed E-state index contributed by atoms with van der Waals surface area (Å²) in [7, 11) is 0. The van der Waals surface area contributed by atoms with Crippen LogP contribution in [0.25, 0.3) is 0 Å². The maximum Gasteiger partial charge on any atom is 0.221 e. The molecule has 128 valence electrons. The third-order valence-corrected chi connectivity index (χ3v) is 3.92. The van der Waals surface area contributed by atoms with Crippen LogP contribution in [-0.4, -0.2) is 15.7 Å². The molecule has 0 saturated carbocycles. The summed E-state index contributed by atoms with van der Waals surface area (Å²) in [4.78, 5) is 11.3. The molecule has 0 saturated heterocycles. The molecule has 0 bridgehead atoms. The van der Waals surface area contributed by atoms with Gasteiger partial charge < -0.3 is 10.6 Å². The summed E-state index contributed by atoms with van der Waals surface area (Å²) in [6.45, 7) is 4.93. The molecule has 2 aromatic carbocycles. The number of benzene rings is 2. The Hall–Kier alpha value is -3.08. The first-order valence-electron chi connectivity index (χ1n) is 8.27. The highest BCUT2D eigenvalue weighted by Crippen LogP contribution is 2.20. The number of nitrogens with zero attached hydrogens (tertiary/aromatic N) is 2. The predicted molar refractivity (Wildman–Crippen MR) is 101 cm³/mol. The van der Waals surface area contributed by atoms with E-state index in [4.69, 9.17) is 0 Å². The van der Waals surface area contributed by atoms with Gasteiger partial charge in [0.1, 0.15) is 0 Å². The Morgan fingerprint density at radius 1 is 1.12 bits per heavy atom. The maximum absolute atomic E-state index is 11.3. The second kappa shape index (κ2) is 7.66. The fourth-order valence-corrected chi connectivity index (χ4v) is 2.62. The molecule has 1 amide bonds. The van der Waals surface area contributed by atoms with Crippen LogP contribution in [0.15, 0.2) is 60.9 Å². The molecular weight excluding hydrogens is 312 g/mol. The van der Waals surface area contributed by atoms with Crippen LogP contribution in [0.3, 0.4) is 0 Å². The molecule has 1 aromatic heterocycles. The molecule has 0 aliphatic carbocycles. The highest BCUT2D eigenvalue weighted by atomic mass is 16.1. The van der Waals surface area contributed by atoms with E-state index in [0.717, 1.165) is 29.0 Å². The van der Waals surface area contributed by atoms with E-state index in [0.29, 0.717) is 6.54 Å². The van der Waals surface area contributed by atoms with Crippen LogP contribution in [0.2, 0.25) is 0 Å². The van der Waals surface area contributed by atoms with Gasteiger partial charge in [0, 0.05) is 36.6 Å². The van der Waals surface area contributed by atoms with Crippen molar-refractivity contribution in [2.75, 3.05) is 10.6 Å². The first-order valence-corrected chi connectivity index (χ1v) is 8.27. The number of hydrogen-bond donors (Lipinski definition) is 2.